The number of phenolic OH excluding ortho intramolecular Hbond substituents is 1. The molecule has 0 saturated heterocycles. The van der Waals surface area contributed by atoms with Crippen LogP contribution in [0.4, 0.5) is 0 Å². The van der Waals surface area contributed by atoms with E-state index in [1.807, 2.05) is 71.6 Å². The van der Waals surface area contributed by atoms with Crippen molar-refractivity contribution >= 4 is 5.91 Å². The Morgan fingerprint density at radius 2 is 1.34 bits per heavy atom. The topological polar surface area (TPSA) is 40.5 Å². The average Bonchev–Trinajstić information content (AvgIpc) is 3.28. The van der Waals surface area contributed by atoms with Gasteiger partial charge in [0, 0.05) is 18.2 Å². The third kappa shape index (κ3) is 4.02. The molecule has 0 bridgehead atoms. The highest BCUT2D eigenvalue weighted by molar-refractivity contribution is 6.01. The number of hydrogen-bond acceptors (Lipinski definition) is 2. The van der Waals surface area contributed by atoms with E-state index in [9.17, 15) is 9.90 Å². The zero-order chi connectivity index (χ0) is 21.9. The Balaban J connectivity index is 1.52. The Morgan fingerprint density at radius 1 is 0.750 bits per heavy atom. The smallest absolute Gasteiger partial charge is 0.255 e. The summed E-state index contributed by atoms with van der Waals surface area (Å²) in [6.45, 7) is 0.501. The van der Waals surface area contributed by atoms with Crippen molar-refractivity contribution in [3.8, 4) is 16.9 Å². The van der Waals surface area contributed by atoms with E-state index in [0.29, 0.717) is 12.1 Å². The van der Waals surface area contributed by atoms with Gasteiger partial charge in [-0.15, -0.1) is 0 Å². The molecule has 0 heterocycles. The lowest BCUT2D eigenvalue weighted by molar-refractivity contribution is 0.0668. The highest BCUT2D eigenvalue weighted by Crippen LogP contribution is 2.30. The molecule has 1 N–H and O–H groups in total. The number of nitrogens with zero attached hydrogens (tertiary/aromatic N) is 1. The molecule has 3 nitrogen and oxygen atoms in total. The second kappa shape index (κ2) is 8.72. The summed E-state index contributed by atoms with van der Waals surface area (Å²) in [6.07, 6.45) is 1.71. The molecule has 158 valence electrons. The molecule has 4 aromatic carbocycles. The summed E-state index contributed by atoms with van der Waals surface area (Å²) < 4.78 is 0. The Bertz CT molecular complexity index is 1210. The molecule has 5 rings (SSSR count). The largest absolute Gasteiger partial charge is 0.508 e. The molecule has 0 aromatic heterocycles. The average molecular weight is 420 g/mol. The van der Waals surface area contributed by atoms with E-state index in [2.05, 4.69) is 24.3 Å². The molecular formula is C29H25NO2. The first-order valence-corrected chi connectivity index (χ1v) is 11.0. The molecule has 32 heavy (non-hydrogen) atoms. The molecule has 0 unspecified atom stereocenters. The van der Waals surface area contributed by atoms with Crippen molar-refractivity contribution in [3.63, 3.8) is 0 Å². The second-order valence-electron chi connectivity index (χ2n) is 8.34. The van der Waals surface area contributed by atoms with E-state index >= 15 is 0 Å². The quantitative estimate of drug-likeness (QED) is 0.440. The number of hydrogen-bond donors (Lipinski definition) is 1. The molecule has 1 amide bonds. The summed E-state index contributed by atoms with van der Waals surface area (Å²) in [5, 5.41) is 9.69. The van der Waals surface area contributed by atoms with Crippen LogP contribution in [0.2, 0.25) is 0 Å². The van der Waals surface area contributed by atoms with Gasteiger partial charge in [0.05, 0.1) is 0 Å². The van der Waals surface area contributed by atoms with Gasteiger partial charge in [0.1, 0.15) is 5.75 Å². The van der Waals surface area contributed by atoms with Crippen LogP contribution in [-0.4, -0.2) is 22.0 Å². The predicted octanol–water partition coefficient (Wildman–Crippen LogP) is 5.87. The van der Waals surface area contributed by atoms with E-state index in [1.54, 1.807) is 12.1 Å². The summed E-state index contributed by atoms with van der Waals surface area (Å²) >= 11 is 0. The van der Waals surface area contributed by atoms with Crippen LogP contribution in [-0.2, 0) is 19.4 Å². The number of amides is 1. The van der Waals surface area contributed by atoms with Crippen LogP contribution in [0.15, 0.2) is 103 Å². The molecule has 1 aliphatic carbocycles. The summed E-state index contributed by atoms with van der Waals surface area (Å²) in [5.74, 6) is 0.268. The maximum atomic E-state index is 14.0. The van der Waals surface area contributed by atoms with E-state index in [-0.39, 0.29) is 17.7 Å². The minimum absolute atomic E-state index is 0.0373. The van der Waals surface area contributed by atoms with Crippen molar-refractivity contribution in [2.24, 2.45) is 0 Å². The highest BCUT2D eigenvalue weighted by atomic mass is 16.3. The molecule has 0 fully saturated rings. The fourth-order valence-electron chi connectivity index (χ4n) is 4.61. The maximum absolute atomic E-state index is 14.0. The molecule has 0 spiro atoms. The normalized spacial score (nSPS) is 13.0. The molecular weight excluding hydrogens is 394 g/mol. The van der Waals surface area contributed by atoms with Gasteiger partial charge in [-0.3, -0.25) is 4.79 Å². The first-order chi connectivity index (χ1) is 15.7. The van der Waals surface area contributed by atoms with Gasteiger partial charge < -0.3 is 10.0 Å². The van der Waals surface area contributed by atoms with E-state index in [4.69, 9.17) is 0 Å². The van der Waals surface area contributed by atoms with Crippen LogP contribution < -0.4 is 0 Å². The molecule has 0 radical (unpaired) electrons. The number of carbonyl (C=O) groups is 1. The van der Waals surface area contributed by atoms with E-state index in [0.717, 1.165) is 29.5 Å². The van der Waals surface area contributed by atoms with Gasteiger partial charge >= 0.3 is 0 Å². The summed E-state index contributed by atoms with van der Waals surface area (Å²) in [4.78, 5) is 16.0. The van der Waals surface area contributed by atoms with Crippen molar-refractivity contribution in [1.29, 1.82) is 0 Å². The Labute approximate surface area is 188 Å². The number of aromatic hydroxyl groups is 1. The number of carbonyl (C=O) groups excluding carboxylic acids is 1. The van der Waals surface area contributed by atoms with Crippen molar-refractivity contribution in [2.45, 2.75) is 25.4 Å². The SMILES string of the molecule is O=C(c1ccccc1-c1ccccc1)N(Cc1ccc(O)cc1)C1Cc2ccccc2C1. The zero-order valence-corrected chi connectivity index (χ0v) is 17.8. The van der Waals surface area contributed by atoms with E-state index < -0.39 is 0 Å². The summed E-state index contributed by atoms with van der Waals surface area (Å²) in [5.41, 5.74) is 6.34. The lowest BCUT2D eigenvalue weighted by Crippen LogP contribution is -2.40. The number of rotatable bonds is 5. The fraction of sp³-hybridized carbons (Fsp3) is 0.138. The number of benzene rings is 4. The molecule has 0 atom stereocenters. The Hall–Kier alpha value is -3.85. The van der Waals surface area contributed by atoms with Crippen LogP contribution in [0, 0.1) is 0 Å². The fourth-order valence-corrected chi connectivity index (χ4v) is 4.61. The van der Waals surface area contributed by atoms with Crippen LogP contribution in [0.25, 0.3) is 11.1 Å². The molecule has 3 heteroatoms. The zero-order valence-electron chi connectivity index (χ0n) is 17.8. The van der Waals surface area contributed by atoms with Crippen molar-refractivity contribution in [2.75, 3.05) is 0 Å². The van der Waals surface area contributed by atoms with Crippen LogP contribution in [0.3, 0.4) is 0 Å². The first-order valence-electron chi connectivity index (χ1n) is 11.0. The summed E-state index contributed by atoms with van der Waals surface area (Å²) in [7, 11) is 0. The first kappa shape index (κ1) is 20.1. The molecule has 0 saturated carbocycles. The lowest BCUT2D eigenvalue weighted by atomic mass is 9.98. The van der Waals surface area contributed by atoms with Crippen molar-refractivity contribution < 1.29 is 9.90 Å². The van der Waals surface area contributed by atoms with Crippen molar-refractivity contribution in [3.05, 3.63) is 125 Å². The monoisotopic (exact) mass is 419 g/mol. The standard InChI is InChI=1S/C29H25NO2/c31-26-16-14-21(15-17-26)20-30(25-18-23-10-4-5-11-24(23)19-25)29(32)28-13-7-6-12-27(28)22-8-2-1-3-9-22/h1-17,25,31H,18-20H2. The van der Waals surface area contributed by atoms with Crippen LogP contribution >= 0.6 is 0 Å². The van der Waals surface area contributed by atoms with Gasteiger partial charge in [-0.2, -0.15) is 0 Å². The minimum Gasteiger partial charge on any atom is -0.508 e. The van der Waals surface area contributed by atoms with Gasteiger partial charge in [-0.05, 0) is 58.9 Å². The maximum Gasteiger partial charge on any atom is 0.255 e. The van der Waals surface area contributed by atoms with Gasteiger partial charge in [0.2, 0.25) is 0 Å². The number of fused-ring (bicyclic) bond motifs is 1. The second-order valence-corrected chi connectivity index (χ2v) is 8.34. The van der Waals surface area contributed by atoms with Gasteiger partial charge in [-0.25, -0.2) is 0 Å². The predicted molar refractivity (Wildman–Crippen MR) is 127 cm³/mol. The number of phenols is 1. The van der Waals surface area contributed by atoms with Gasteiger partial charge in [-0.1, -0.05) is 84.9 Å². The highest BCUT2D eigenvalue weighted by Gasteiger charge is 2.31. The molecule has 1 aliphatic rings. The summed E-state index contributed by atoms with van der Waals surface area (Å²) in [6, 6.07) is 33.6. The lowest BCUT2D eigenvalue weighted by Gasteiger charge is -2.30. The van der Waals surface area contributed by atoms with E-state index in [1.165, 1.54) is 11.1 Å². The molecule has 0 aliphatic heterocycles. The van der Waals surface area contributed by atoms with Crippen LogP contribution in [0.1, 0.15) is 27.0 Å². The third-order valence-corrected chi connectivity index (χ3v) is 6.26. The Kier molecular flexibility index (Phi) is 5.47. The molecule has 4 aromatic rings. The van der Waals surface area contributed by atoms with Gasteiger partial charge in [0.25, 0.3) is 5.91 Å². The van der Waals surface area contributed by atoms with Crippen molar-refractivity contribution in [1.82, 2.24) is 4.90 Å². The van der Waals surface area contributed by atoms with Gasteiger partial charge in [0.15, 0.2) is 0 Å². The Morgan fingerprint density at radius 3 is 2.03 bits per heavy atom. The minimum atomic E-state index is 0.0373. The third-order valence-electron chi connectivity index (χ3n) is 6.26. The van der Waals surface area contributed by atoms with Crippen LogP contribution in [0.5, 0.6) is 5.75 Å².